The summed E-state index contributed by atoms with van der Waals surface area (Å²) in [5.74, 6) is 0.0289. The van der Waals surface area contributed by atoms with Crippen molar-refractivity contribution in [1.82, 2.24) is 5.32 Å². The molecule has 0 aromatic heterocycles. The van der Waals surface area contributed by atoms with Gasteiger partial charge in [-0.15, -0.1) is 0 Å². The molecule has 1 aromatic carbocycles. The highest BCUT2D eigenvalue weighted by Crippen LogP contribution is 2.10. The van der Waals surface area contributed by atoms with Crippen LogP contribution in [0.2, 0.25) is 0 Å². The molecule has 0 aliphatic carbocycles. The molecule has 5 nitrogen and oxygen atoms in total. The predicted molar refractivity (Wildman–Crippen MR) is 66.5 cm³/mol. The zero-order valence-corrected chi connectivity index (χ0v) is 9.73. The van der Waals surface area contributed by atoms with Crippen LogP contribution in [0.5, 0.6) is 5.75 Å². The lowest BCUT2D eigenvalue weighted by Crippen LogP contribution is -2.42. The highest BCUT2D eigenvalue weighted by atomic mass is 16.3. The number of aromatic hydroxyl groups is 1. The quantitative estimate of drug-likeness (QED) is 0.511. The zero-order chi connectivity index (χ0) is 12.7. The van der Waals surface area contributed by atoms with E-state index in [4.69, 9.17) is 16.6 Å². The van der Waals surface area contributed by atoms with Crippen LogP contribution in [0.15, 0.2) is 24.3 Å². The lowest BCUT2D eigenvalue weighted by Gasteiger charge is -2.12. The number of phenolic OH excluding ortho intramolecular Hbond substituents is 1. The van der Waals surface area contributed by atoms with Gasteiger partial charge in [-0.1, -0.05) is 12.1 Å². The second-order valence-electron chi connectivity index (χ2n) is 3.91. The van der Waals surface area contributed by atoms with Crippen molar-refractivity contribution < 1.29 is 9.90 Å². The van der Waals surface area contributed by atoms with E-state index in [1.54, 1.807) is 24.3 Å². The summed E-state index contributed by atoms with van der Waals surface area (Å²) >= 11 is 0. The van der Waals surface area contributed by atoms with Crippen LogP contribution in [-0.4, -0.2) is 30.1 Å². The highest BCUT2D eigenvalue weighted by molar-refractivity contribution is 5.81. The molecular weight excluding hydrogens is 218 g/mol. The second-order valence-corrected chi connectivity index (χ2v) is 3.91. The number of phenols is 1. The van der Waals surface area contributed by atoms with Gasteiger partial charge in [-0.25, -0.2) is 0 Å². The minimum Gasteiger partial charge on any atom is -0.508 e. The van der Waals surface area contributed by atoms with E-state index >= 15 is 0 Å². The van der Waals surface area contributed by atoms with Gasteiger partial charge in [-0.2, -0.15) is 0 Å². The molecule has 6 N–H and O–H groups in total. The van der Waals surface area contributed by atoms with Crippen LogP contribution in [0, 0.1) is 0 Å². The monoisotopic (exact) mass is 237 g/mol. The summed E-state index contributed by atoms with van der Waals surface area (Å²) in [6.45, 7) is 1.10. The molecule has 1 atom stereocenters. The fourth-order valence-corrected chi connectivity index (χ4v) is 1.42. The Morgan fingerprint density at radius 1 is 1.35 bits per heavy atom. The first kappa shape index (κ1) is 13.5. The molecule has 94 valence electrons. The molecule has 0 heterocycles. The number of nitrogens with one attached hydrogen (secondary N) is 1. The molecule has 0 aliphatic rings. The summed E-state index contributed by atoms with van der Waals surface area (Å²) in [6.07, 6.45) is 1.20. The number of hydrogen-bond donors (Lipinski definition) is 4. The molecular formula is C12H19N3O2. The Hall–Kier alpha value is -1.59. The molecule has 5 heteroatoms. The van der Waals surface area contributed by atoms with Crippen molar-refractivity contribution in [3.05, 3.63) is 29.8 Å². The summed E-state index contributed by atoms with van der Waals surface area (Å²) in [5, 5.41) is 11.8. The second kappa shape index (κ2) is 6.88. The maximum Gasteiger partial charge on any atom is 0.237 e. The van der Waals surface area contributed by atoms with Crippen molar-refractivity contribution in [3.63, 3.8) is 0 Å². The number of amides is 1. The average molecular weight is 237 g/mol. The Kier molecular flexibility index (Phi) is 5.45. The number of nitrogens with two attached hydrogens (primary N) is 2. The summed E-state index contributed by atoms with van der Waals surface area (Å²) < 4.78 is 0. The molecule has 1 unspecified atom stereocenters. The Morgan fingerprint density at radius 3 is 2.59 bits per heavy atom. The van der Waals surface area contributed by atoms with Crippen LogP contribution in [0.25, 0.3) is 0 Å². The van der Waals surface area contributed by atoms with Gasteiger partial charge in [0.2, 0.25) is 5.91 Å². The Balaban J connectivity index is 2.40. The topological polar surface area (TPSA) is 101 Å². The van der Waals surface area contributed by atoms with Crippen LogP contribution in [0.1, 0.15) is 12.0 Å². The number of carbonyl (C=O) groups is 1. The fourth-order valence-electron chi connectivity index (χ4n) is 1.42. The van der Waals surface area contributed by atoms with E-state index in [2.05, 4.69) is 5.32 Å². The minimum atomic E-state index is -0.572. The lowest BCUT2D eigenvalue weighted by molar-refractivity contribution is -0.122. The molecule has 0 saturated heterocycles. The molecule has 1 aromatic rings. The lowest BCUT2D eigenvalue weighted by atomic mass is 10.1. The predicted octanol–water partition coefficient (Wildman–Crippen LogP) is -0.273. The van der Waals surface area contributed by atoms with Crippen molar-refractivity contribution in [2.45, 2.75) is 18.9 Å². The van der Waals surface area contributed by atoms with Crippen molar-refractivity contribution in [2.75, 3.05) is 13.1 Å². The Labute approximate surface area is 101 Å². The maximum atomic E-state index is 11.6. The SMILES string of the molecule is NCCCNC(=O)C(N)Cc1ccc(O)cc1. The van der Waals surface area contributed by atoms with Gasteiger partial charge in [0, 0.05) is 6.54 Å². The van der Waals surface area contributed by atoms with Gasteiger partial charge in [0.1, 0.15) is 5.75 Å². The number of carbonyl (C=O) groups excluding carboxylic acids is 1. The van der Waals surface area contributed by atoms with Gasteiger partial charge < -0.3 is 21.9 Å². The molecule has 0 aliphatic heterocycles. The average Bonchev–Trinajstić information content (AvgIpc) is 2.32. The largest absolute Gasteiger partial charge is 0.508 e. The summed E-state index contributed by atoms with van der Waals surface area (Å²) in [6, 6.07) is 6.09. The third-order valence-electron chi connectivity index (χ3n) is 2.41. The molecule has 0 spiro atoms. The van der Waals surface area contributed by atoms with E-state index in [0.717, 1.165) is 12.0 Å². The van der Waals surface area contributed by atoms with E-state index < -0.39 is 6.04 Å². The smallest absolute Gasteiger partial charge is 0.237 e. The molecule has 0 radical (unpaired) electrons. The first-order valence-electron chi connectivity index (χ1n) is 5.64. The number of benzene rings is 1. The highest BCUT2D eigenvalue weighted by Gasteiger charge is 2.13. The van der Waals surface area contributed by atoms with Crippen molar-refractivity contribution in [3.8, 4) is 5.75 Å². The van der Waals surface area contributed by atoms with Crippen LogP contribution in [0.4, 0.5) is 0 Å². The summed E-state index contributed by atoms with van der Waals surface area (Å²) in [7, 11) is 0. The van der Waals surface area contributed by atoms with Crippen LogP contribution < -0.4 is 16.8 Å². The van der Waals surface area contributed by atoms with Crippen LogP contribution in [0.3, 0.4) is 0 Å². The molecule has 0 fully saturated rings. The maximum absolute atomic E-state index is 11.6. The van der Waals surface area contributed by atoms with Crippen molar-refractivity contribution in [2.24, 2.45) is 11.5 Å². The van der Waals surface area contributed by atoms with Gasteiger partial charge in [-0.05, 0) is 37.1 Å². The first-order chi connectivity index (χ1) is 8.13. The number of rotatable bonds is 6. The summed E-state index contributed by atoms with van der Waals surface area (Å²) in [5.41, 5.74) is 12.0. The van der Waals surface area contributed by atoms with Gasteiger partial charge >= 0.3 is 0 Å². The van der Waals surface area contributed by atoms with E-state index in [9.17, 15) is 4.79 Å². The third-order valence-corrected chi connectivity index (χ3v) is 2.41. The minimum absolute atomic E-state index is 0.175. The zero-order valence-electron chi connectivity index (χ0n) is 9.73. The van der Waals surface area contributed by atoms with E-state index in [1.165, 1.54) is 0 Å². The fraction of sp³-hybridized carbons (Fsp3) is 0.417. The van der Waals surface area contributed by atoms with Crippen LogP contribution in [-0.2, 0) is 11.2 Å². The molecule has 0 bridgehead atoms. The van der Waals surface area contributed by atoms with Crippen molar-refractivity contribution >= 4 is 5.91 Å². The first-order valence-corrected chi connectivity index (χ1v) is 5.64. The van der Waals surface area contributed by atoms with Gasteiger partial charge in [0.05, 0.1) is 6.04 Å². The normalized spacial score (nSPS) is 12.1. The van der Waals surface area contributed by atoms with Gasteiger partial charge in [0.25, 0.3) is 0 Å². The Bertz CT molecular complexity index is 351. The Morgan fingerprint density at radius 2 is 2.00 bits per heavy atom. The van der Waals surface area contributed by atoms with Crippen LogP contribution >= 0.6 is 0 Å². The van der Waals surface area contributed by atoms with Gasteiger partial charge in [0.15, 0.2) is 0 Å². The van der Waals surface area contributed by atoms with E-state index in [-0.39, 0.29) is 11.7 Å². The van der Waals surface area contributed by atoms with E-state index in [1.807, 2.05) is 0 Å². The van der Waals surface area contributed by atoms with Gasteiger partial charge in [-0.3, -0.25) is 4.79 Å². The van der Waals surface area contributed by atoms with Crippen molar-refractivity contribution in [1.29, 1.82) is 0 Å². The number of hydrogen-bond acceptors (Lipinski definition) is 4. The van der Waals surface area contributed by atoms with E-state index in [0.29, 0.717) is 19.5 Å². The molecule has 1 rings (SSSR count). The molecule has 0 saturated carbocycles. The molecule has 1 amide bonds. The molecule has 17 heavy (non-hydrogen) atoms. The third kappa shape index (κ3) is 4.84. The summed E-state index contributed by atoms with van der Waals surface area (Å²) in [4.78, 5) is 11.6. The standard InChI is InChI=1S/C12H19N3O2/c13-6-1-7-15-12(17)11(14)8-9-2-4-10(16)5-3-9/h2-5,11,16H,1,6-8,13-14H2,(H,15,17).